The van der Waals surface area contributed by atoms with E-state index in [0.29, 0.717) is 10.2 Å². The van der Waals surface area contributed by atoms with Crippen LogP contribution in [-0.2, 0) is 5.41 Å². The maximum absolute atomic E-state index is 9.50. The number of halogens is 2. The molecular weight excluding hydrogens is 233 g/mol. The van der Waals surface area contributed by atoms with Crippen molar-refractivity contribution in [3.8, 4) is 0 Å². The molecule has 1 heterocycles. The molecule has 1 aromatic rings. The number of nitrogens with zero attached hydrogens (tertiary/aromatic N) is 1. The van der Waals surface area contributed by atoms with Crippen LogP contribution in [0.1, 0.15) is 25.8 Å². The van der Waals surface area contributed by atoms with Crippen LogP contribution in [0.2, 0.25) is 10.2 Å². The van der Waals surface area contributed by atoms with E-state index < -0.39 is 0 Å². The third-order valence-corrected chi connectivity index (χ3v) is 4.22. The Balaban J connectivity index is 2.42. The zero-order chi connectivity index (χ0) is 11.3. The Hall–Kier alpha value is -0.310. The molecule has 1 unspecified atom stereocenters. The van der Waals surface area contributed by atoms with E-state index in [-0.39, 0.29) is 17.4 Å². The molecule has 1 aromatic heterocycles. The molecule has 0 amide bonds. The number of hydrogen-bond acceptors (Lipinski definition) is 2. The summed E-state index contributed by atoms with van der Waals surface area (Å²) in [4.78, 5) is 4.02. The number of aliphatic hydroxyl groups is 1. The van der Waals surface area contributed by atoms with Crippen LogP contribution in [0, 0.1) is 5.41 Å². The lowest BCUT2D eigenvalue weighted by Crippen LogP contribution is -2.19. The van der Waals surface area contributed by atoms with Crippen LogP contribution in [0.5, 0.6) is 0 Å². The van der Waals surface area contributed by atoms with E-state index in [1.807, 2.05) is 6.07 Å². The van der Waals surface area contributed by atoms with Gasteiger partial charge in [0.25, 0.3) is 0 Å². The van der Waals surface area contributed by atoms with Crippen LogP contribution in [-0.4, -0.2) is 16.7 Å². The van der Waals surface area contributed by atoms with Crippen molar-refractivity contribution in [1.82, 2.24) is 4.98 Å². The van der Waals surface area contributed by atoms with Crippen molar-refractivity contribution >= 4 is 23.2 Å². The fourth-order valence-corrected chi connectivity index (χ4v) is 2.52. The molecule has 2 rings (SSSR count). The summed E-state index contributed by atoms with van der Waals surface area (Å²) in [6, 6.07) is 1.81. The fraction of sp³-hybridized carbons (Fsp3) is 0.545. The maximum Gasteiger partial charge on any atom is 0.147 e. The Labute approximate surface area is 99.2 Å². The summed E-state index contributed by atoms with van der Waals surface area (Å²) in [5, 5.41) is 10.3. The van der Waals surface area contributed by atoms with E-state index in [1.165, 1.54) is 0 Å². The standard InChI is InChI=1S/C11H13Cl2NO/c1-10(2)5-11(10,6-15)7-3-8(12)9(13)14-4-7/h3-4,15H,5-6H2,1-2H3. The van der Waals surface area contributed by atoms with Gasteiger partial charge in [0.05, 0.1) is 11.6 Å². The summed E-state index contributed by atoms with van der Waals surface area (Å²) in [5.74, 6) is 0. The third kappa shape index (κ3) is 1.55. The van der Waals surface area contributed by atoms with Gasteiger partial charge in [0.1, 0.15) is 5.15 Å². The van der Waals surface area contributed by atoms with Gasteiger partial charge in [-0.15, -0.1) is 0 Å². The molecule has 1 aliphatic carbocycles. The van der Waals surface area contributed by atoms with Gasteiger partial charge in [0.15, 0.2) is 0 Å². The SMILES string of the molecule is CC1(C)CC1(CO)c1cnc(Cl)c(Cl)c1. The molecule has 15 heavy (non-hydrogen) atoms. The van der Waals surface area contributed by atoms with Crippen LogP contribution >= 0.6 is 23.2 Å². The maximum atomic E-state index is 9.50. The predicted octanol–water partition coefficient (Wildman–Crippen LogP) is 3.05. The molecule has 0 aliphatic heterocycles. The molecule has 1 fully saturated rings. The first-order chi connectivity index (χ1) is 6.93. The molecule has 0 spiro atoms. The summed E-state index contributed by atoms with van der Waals surface area (Å²) in [6.07, 6.45) is 2.66. The van der Waals surface area contributed by atoms with Gasteiger partial charge >= 0.3 is 0 Å². The highest BCUT2D eigenvalue weighted by Crippen LogP contribution is 2.64. The number of pyridine rings is 1. The number of aliphatic hydroxyl groups excluding tert-OH is 1. The number of rotatable bonds is 2. The van der Waals surface area contributed by atoms with E-state index in [4.69, 9.17) is 23.2 Å². The fourth-order valence-electron chi connectivity index (χ4n) is 2.25. The van der Waals surface area contributed by atoms with E-state index >= 15 is 0 Å². The second-order valence-corrected chi connectivity index (χ2v) is 5.56. The van der Waals surface area contributed by atoms with Crippen LogP contribution in [0.15, 0.2) is 12.3 Å². The van der Waals surface area contributed by atoms with Crippen LogP contribution in [0.3, 0.4) is 0 Å². The lowest BCUT2D eigenvalue weighted by Gasteiger charge is -2.18. The minimum Gasteiger partial charge on any atom is -0.395 e. The van der Waals surface area contributed by atoms with Gasteiger partial charge in [-0.25, -0.2) is 4.98 Å². The smallest absolute Gasteiger partial charge is 0.147 e. The summed E-state index contributed by atoms with van der Waals surface area (Å²) in [7, 11) is 0. The summed E-state index contributed by atoms with van der Waals surface area (Å²) in [5.41, 5.74) is 0.902. The highest BCUT2D eigenvalue weighted by Gasteiger charge is 2.61. The van der Waals surface area contributed by atoms with Crippen LogP contribution < -0.4 is 0 Å². The molecule has 0 aromatic carbocycles. The van der Waals surface area contributed by atoms with Gasteiger partial charge in [-0.3, -0.25) is 0 Å². The third-order valence-electron chi connectivity index (χ3n) is 3.53. The number of aromatic nitrogens is 1. The minimum atomic E-state index is -0.186. The van der Waals surface area contributed by atoms with Crippen LogP contribution in [0.4, 0.5) is 0 Å². The quantitative estimate of drug-likeness (QED) is 0.813. The van der Waals surface area contributed by atoms with Gasteiger partial charge in [-0.1, -0.05) is 37.0 Å². The lowest BCUT2D eigenvalue weighted by atomic mass is 9.90. The molecular formula is C11H13Cl2NO. The molecule has 82 valence electrons. The predicted molar refractivity (Wildman–Crippen MR) is 61.4 cm³/mol. The van der Waals surface area contributed by atoms with E-state index in [9.17, 15) is 5.11 Å². The normalized spacial score (nSPS) is 27.8. The van der Waals surface area contributed by atoms with E-state index in [2.05, 4.69) is 18.8 Å². The average Bonchev–Trinajstić information content (AvgIpc) is 2.75. The first kappa shape index (κ1) is 11.2. The molecule has 1 N–H and O–H groups in total. The van der Waals surface area contributed by atoms with Gasteiger partial charge in [0, 0.05) is 11.6 Å². The van der Waals surface area contributed by atoms with Gasteiger partial charge in [-0.05, 0) is 23.5 Å². The molecule has 1 atom stereocenters. The molecule has 0 radical (unpaired) electrons. The van der Waals surface area contributed by atoms with Gasteiger partial charge in [-0.2, -0.15) is 0 Å². The lowest BCUT2D eigenvalue weighted by molar-refractivity contribution is 0.231. The highest BCUT2D eigenvalue weighted by atomic mass is 35.5. The van der Waals surface area contributed by atoms with E-state index in [1.54, 1.807) is 6.20 Å². The van der Waals surface area contributed by atoms with Crippen molar-refractivity contribution in [2.45, 2.75) is 25.7 Å². The molecule has 2 nitrogen and oxygen atoms in total. The van der Waals surface area contributed by atoms with Crippen molar-refractivity contribution < 1.29 is 5.11 Å². The average molecular weight is 246 g/mol. The Morgan fingerprint density at radius 1 is 1.47 bits per heavy atom. The first-order valence-corrected chi connectivity index (χ1v) is 5.61. The zero-order valence-electron chi connectivity index (χ0n) is 8.72. The monoisotopic (exact) mass is 245 g/mol. The molecule has 4 heteroatoms. The Bertz CT molecular complexity index is 406. The summed E-state index contributed by atoms with van der Waals surface area (Å²) < 4.78 is 0. The van der Waals surface area contributed by atoms with Gasteiger partial charge < -0.3 is 5.11 Å². The Morgan fingerprint density at radius 2 is 2.07 bits per heavy atom. The van der Waals surface area contributed by atoms with Crippen LogP contribution in [0.25, 0.3) is 0 Å². The highest BCUT2D eigenvalue weighted by molar-refractivity contribution is 6.41. The van der Waals surface area contributed by atoms with Crippen molar-refractivity contribution in [3.63, 3.8) is 0 Å². The topological polar surface area (TPSA) is 33.1 Å². The van der Waals surface area contributed by atoms with Crippen molar-refractivity contribution in [3.05, 3.63) is 28.0 Å². The first-order valence-electron chi connectivity index (χ1n) is 4.85. The minimum absolute atomic E-state index is 0.112. The Kier molecular flexibility index (Phi) is 2.49. The zero-order valence-corrected chi connectivity index (χ0v) is 10.2. The Morgan fingerprint density at radius 3 is 2.47 bits per heavy atom. The second kappa shape index (κ2) is 3.34. The summed E-state index contributed by atoms with van der Waals surface area (Å²) >= 11 is 11.7. The van der Waals surface area contributed by atoms with Crippen molar-refractivity contribution in [2.75, 3.05) is 6.61 Å². The number of hydrogen-bond donors (Lipinski definition) is 1. The largest absolute Gasteiger partial charge is 0.395 e. The molecule has 1 aliphatic rings. The van der Waals surface area contributed by atoms with Crippen molar-refractivity contribution in [1.29, 1.82) is 0 Å². The summed E-state index contributed by atoms with van der Waals surface area (Å²) in [6.45, 7) is 4.39. The molecule has 0 bridgehead atoms. The van der Waals surface area contributed by atoms with E-state index in [0.717, 1.165) is 12.0 Å². The molecule has 0 saturated heterocycles. The second-order valence-electron chi connectivity index (χ2n) is 4.80. The molecule has 1 saturated carbocycles. The van der Waals surface area contributed by atoms with Gasteiger partial charge in [0.2, 0.25) is 0 Å². The van der Waals surface area contributed by atoms with Crippen molar-refractivity contribution in [2.24, 2.45) is 5.41 Å².